The van der Waals surface area contributed by atoms with Crippen molar-refractivity contribution in [2.75, 3.05) is 28.2 Å². The Bertz CT molecular complexity index is 1050. The second-order valence-corrected chi connectivity index (χ2v) is 7.62. The molecule has 0 spiro atoms. The Morgan fingerprint density at radius 1 is 1.24 bits per heavy atom. The minimum absolute atomic E-state index is 0.0836. The van der Waals surface area contributed by atoms with E-state index in [-0.39, 0.29) is 18.1 Å². The molecule has 0 unspecified atom stereocenters. The van der Waals surface area contributed by atoms with E-state index >= 15 is 0 Å². The highest BCUT2D eigenvalue weighted by molar-refractivity contribution is 6.04. The molecule has 2 bridgehead atoms. The van der Waals surface area contributed by atoms with E-state index in [2.05, 4.69) is 45.2 Å². The van der Waals surface area contributed by atoms with E-state index in [4.69, 9.17) is 4.98 Å². The highest BCUT2D eigenvalue weighted by Gasteiger charge is 2.40. The van der Waals surface area contributed by atoms with Crippen molar-refractivity contribution < 1.29 is 4.79 Å². The number of pyridine rings is 1. The lowest BCUT2D eigenvalue weighted by molar-refractivity contribution is 0.254. The topological polar surface area (TPSA) is 92.1 Å². The number of fused-ring (bicyclic) bond motifs is 4. The minimum Gasteiger partial charge on any atom is -0.366 e. The summed E-state index contributed by atoms with van der Waals surface area (Å²) in [5.74, 6) is 1.10. The van der Waals surface area contributed by atoms with Gasteiger partial charge >= 0.3 is 6.03 Å². The molecule has 3 aromatic heterocycles. The first-order valence-corrected chi connectivity index (χ1v) is 9.77. The van der Waals surface area contributed by atoms with Gasteiger partial charge in [0.1, 0.15) is 0 Å². The normalized spacial score (nSPS) is 17.6. The third kappa shape index (κ3) is 3.08. The lowest BCUT2D eigenvalue weighted by atomic mass is 10.1. The molecule has 148 valence electrons. The van der Waals surface area contributed by atoms with Gasteiger partial charge in [-0.3, -0.25) is 19.9 Å². The van der Waals surface area contributed by atoms with Crippen molar-refractivity contribution in [2.24, 2.45) is 0 Å². The van der Waals surface area contributed by atoms with Crippen molar-refractivity contribution in [1.29, 1.82) is 0 Å². The largest absolute Gasteiger partial charge is 0.366 e. The molecule has 2 aliphatic rings. The van der Waals surface area contributed by atoms with E-state index in [1.165, 1.54) is 6.20 Å². The summed E-state index contributed by atoms with van der Waals surface area (Å²) in [6.07, 6.45) is 9.38. The predicted molar refractivity (Wildman–Crippen MR) is 110 cm³/mol. The minimum atomic E-state index is -0.235. The molecule has 2 amide bonds. The highest BCUT2D eigenvalue weighted by Crippen LogP contribution is 2.40. The monoisotopic (exact) mass is 390 g/mol. The maximum Gasteiger partial charge on any atom is 0.329 e. The number of hydrogen-bond acceptors (Lipinski definition) is 6. The standard InChI is InChI=1S/C20H22N8O/c1-13(2)27-11-14(9-23-27)16-3-4-17-19(24-16)28(15-5-8-26(17)12-15)20(29)25-18-10-21-6-7-22-18/h3-4,6-7,9-11,13,15H,5,8,12H2,1-2H3,(H,22,25,29)/t15-/m0/s1. The van der Waals surface area contributed by atoms with Gasteiger partial charge in [-0.1, -0.05) is 0 Å². The zero-order valence-electron chi connectivity index (χ0n) is 16.4. The molecular weight excluding hydrogens is 368 g/mol. The van der Waals surface area contributed by atoms with E-state index < -0.39 is 0 Å². The third-order valence-electron chi connectivity index (χ3n) is 5.40. The van der Waals surface area contributed by atoms with Crippen LogP contribution in [0.4, 0.5) is 22.1 Å². The van der Waals surface area contributed by atoms with Gasteiger partial charge in [-0.25, -0.2) is 14.8 Å². The van der Waals surface area contributed by atoms with Crippen LogP contribution >= 0.6 is 0 Å². The lowest BCUT2D eigenvalue weighted by Crippen LogP contribution is -2.48. The van der Waals surface area contributed by atoms with Gasteiger partial charge in [-0.2, -0.15) is 5.10 Å². The van der Waals surface area contributed by atoms with Crippen LogP contribution in [0.2, 0.25) is 0 Å². The Labute approximate surface area is 168 Å². The fraction of sp³-hybridized carbons (Fsp3) is 0.350. The quantitative estimate of drug-likeness (QED) is 0.739. The number of rotatable bonds is 3. The van der Waals surface area contributed by atoms with Crippen LogP contribution in [0.1, 0.15) is 26.3 Å². The van der Waals surface area contributed by atoms with Gasteiger partial charge in [0.15, 0.2) is 11.6 Å². The Balaban J connectivity index is 1.52. The van der Waals surface area contributed by atoms with Gasteiger partial charge in [0, 0.05) is 43.3 Å². The molecule has 1 fully saturated rings. The first kappa shape index (κ1) is 17.6. The van der Waals surface area contributed by atoms with Crippen molar-refractivity contribution in [2.45, 2.75) is 32.4 Å². The molecule has 5 heterocycles. The number of hydrogen-bond donors (Lipinski definition) is 1. The Hall–Kier alpha value is -3.49. The molecule has 2 aliphatic heterocycles. The first-order chi connectivity index (χ1) is 14.1. The fourth-order valence-electron chi connectivity index (χ4n) is 3.92. The van der Waals surface area contributed by atoms with Crippen LogP contribution in [0, 0.1) is 0 Å². The molecule has 0 saturated carbocycles. The van der Waals surface area contributed by atoms with Crippen molar-refractivity contribution in [3.8, 4) is 11.3 Å². The van der Waals surface area contributed by atoms with E-state index in [0.717, 1.165) is 36.5 Å². The van der Waals surface area contributed by atoms with Crippen LogP contribution in [0.25, 0.3) is 11.3 Å². The number of carbonyl (C=O) groups is 1. The second kappa shape index (κ2) is 6.84. The number of anilines is 3. The maximum atomic E-state index is 13.1. The second-order valence-electron chi connectivity index (χ2n) is 7.62. The number of nitrogens with one attached hydrogen (secondary N) is 1. The van der Waals surface area contributed by atoms with Gasteiger partial charge < -0.3 is 4.90 Å². The molecule has 0 aliphatic carbocycles. The number of nitrogens with zero attached hydrogens (tertiary/aromatic N) is 7. The molecule has 1 atom stereocenters. The molecule has 9 nitrogen and oxygen atoms in total. The summed E-state index contributed by atoms with van der Waals surface area (Å²) in [6.45, 7) is 5.90. The molecule has 0 radical (unpaired) electrons. The molecule has 1 N–H and O–H groups in total. The van der Waals surface area contributed by atoms with Crippen LogP contribution in [-0.2, 0) is 0 Å². The molecule has 3 aromatic rings. The molecule has 9 heteroatoms. The number of amides is 2. The van der Waals surface area contributed by atoms with Crippen LogP contribution in [0.5, 0.6) is 0 Å². The number of carbonyl (C=O) groups excluding carboxylic acids is 1. The van der Waals surface area contributed by atoms with E-state index in [1.54, 1.807) is 17.3 Å². The summed E-state index contributed by atoms with van der Waals surface area (Å²) in [5, 5.41) is 7.27. The molecule has 1 saturated heterocycles. The van der Waals surface area contributed by atoms with E-state index in [0.29, 0.717) is 11.6 Å². The van der Waals surface area contributed by atoms with Gasteiger partial charge in [0.25, 0.3) is 0 Å². The SMILES string of the molecule is CC(C)n1cc(-c2ccc3c(n2)N(C(=O)Nc2cnccn2)[C@H]2CCN3C2)cn1. The summed E-state index contributed by atoms with van der Waals surface area (Å²) < 4.78 is 1.90. The fourth-order valence-corrected chi connectivity index (χ4v) is 3.92. The zero-order valence-corrected chi connectivity index (χ0v) is 16.4. The predicted octanol–water partition coefficient (Wildman–Crippen LogP) is 2.95. The van der Waals surface area contributed by atoms with Crippen LogP contribution in [0.15, 0.2) is 43.1 Å². The van der Waals surface area contributed by atoms with Gasteiger partial charge in [0.05, 0.1) is 29.8 Å². The average molecular weight is 390 g/mol. The number of urea groups is 1. The zero-order chi connectivity index (χ0) is 20.0. The highest BCUT2D eigenvalue weighted by atomic mass is 16.2. The Morgan fingerprint density at radius 3 is 2.90 bits per heavy atom. The number of aromatic nitrogens is 5. The summed E-state index contributed by atoms with van der Waals surface area (Å²) in [5.41, 5.74) is 2.72. The smallest absolute Gasteiger partial charge is 0.329 e. The van der Waals surface area contributed by atoms with Gasteiger partial charge in [-0.15, -0.1) is 0 Å². The third-order valence-corrected chi connectivity index (χ3v) is 5.40. The van der Waals surface area contributed by atoms with Crippen molar-refractivity contribution >= 4 is 23.4 Å². The Kier molecular flexibility index (Phi) is 4.15. The van der Waals surface area contributed by atoms with Gasteiger partial charge in [0.2, 0.25) is 0 Å². The molecule has 29 heavy (non-hydrogen) atoms. The van der Waals surface area contributed by atoms with Crippen molar-refractivity contribution in [3.63, 3.8) is 0 Å². The maximum absolute atomic E-state index is 13.1. The summed E-state index contributed by atoms with van der Waals surface area (Å²) in [6, 6.07) is 4.17. The Morgan fingerprint density at radius 2 is 2.14 bits per heavy atom. The summed E-state index contributed by atoms with van der Waals surface area (Å²) in [4.78, 5) is 30.2. The summed E-state index contributed by atoms with van der Waals surface area (Å²) in [7, 11) is 0. The van der Waals surface area contributed by atoms with Crippen LogP contribution in [-0.4, -0.2) is 49.9 Å². The van der Waals surface area contributed by atoms with Crippen LogP contribution in [0.3, 0.4) is 0 Å². The van der Waals surface area contributed by atoms with Crippen LogP contribution < -0.4 is 15.1 Å². The molecule has 5 rings (SSSR count). The molecule has 0 aromatic carbocycles. The lowest BCUT2D eigenvalue weighted by Gasteiger charge is -2.35. The van der Waals surface area contributed by atoms with Gasteiger partial charge in [-0.05, 0) is 32.4 Å². The van der Waals surface area contributed by atoms with E-state index in [9.17, 15) is 4.79 Å². The summed E-state index contributed by atoms with van der Waals surface area (Å²) >= 11 is 0. The molecular formula is C20H22N8O. The van der Waals surface area contributed by atoms with Crippen molar-refractivity contribution in [3.05, 3.63) is 43.1 Å². The average Bonchev–Trinajstić information content (AvgIpc) is 3.37. The first-order valence-electron chi connectivity index (χ1n) is 9.77. The van der Waals surface area contributed by atoms with Crippen molar-refractivity contribution in [1.82, 2.24) is 24.7 Å². The van der Waals surface area contributed by atoms with E-state index in [1.807, 2.05) is 23.1 Å².